The van der Waals surface area contributed by atoms with Crippen molar-refractivity contribution in [1.29, 1.82) is 0 Å². The van der Waals surface area contributed by atoms with Gasteiger partial charge in [-0.1, -0.05) is 6.58 Å². The van der Waals surface area contributed by atoms with E-state index in [4.69, 9.17) is 0 Å². The number of carbonyl (C=O) groups is 3. The van der Waals surface area contributed by atoms with Crippen LogP contribution in [0.2, 0.25) is 0 Å². The van der Waals surface area contributed by atoms with Gasteiger partial charge in [0.25, 0.3) is 0 Å². The molecule has 0 spiro atoms. The molecule has 0 unspecified atom stereocenters. The summed E-state index contributed by atoms with van der Waals surface area (Å²) in [5.74, 6) is -5.84. The van der Waals surface area contributed by atoms with Crippen LogP contribution in [0.5, 0.6) is 0 Å². The molecular formula is C15H18F6O6. The molecular weight excluding hydrogens is 390 g/mol. The fourth-order valence-electron chi connectivity index (χ4n) is 1.34. The predicted molar refractivity (Wildman–Crippen MR) is 77.1 cm³/mol. The maximum absolute atomic E-state index is 13.2. The lowest BCUT2D eigenvalue weighted by atomic mass is 9.95. The van der Waals surface area contributed by atoms with E-state index in [-0.39, 0.29) is 5.57 Å². The monoisotopic (exact) mass is 408 g/mol. The van der Waals surface area contributed by atoms with Crippen LogP contribution in [0.15, 0.2) is 12.2 Å². The van der Waals surface area contributed by atoms with Gasteiger partial charge in [0.15, 0.2) is 0 Å². The Labute approximate surface area is 150 Å². The second-order valence-corrected chi connectivity index (χ2v) is 6.37. The number of esters is 3. The molecule has 6 nitrogen and oxygen atoms in total. The van der Waals surface area contributed by atoms with Gasteiger partial charge in [0.2, 0.25) is 0 Å². The Balaban J connectivity index is 5.65. The van der Waals surface area contributed by atoms with Crippen LogP contribution in [-0.4, -0.2) is 49.1 Å². The van der Waals surface area contributed by atoms with Gasteiger partial charge in [-0.05, 0) is 27.7 Å². The Morgan fingerprint density at radius 1 is 0.815 bits per heavy atom. The first-order valence-electron chi connectivity index (χ1n) is 7.24. The highest BCUT2D eigenvalue weighted by Gasteiger charge is 2.81. The van der Waals surface area contributed by atoms with Crippen LogP contribution in [0, 0.1) is 5.41 Å². The minimum atomic E-state index is -6.36. The van der Waals surface area contributed by atoms with Gasteiger partial charge in [-0.2, -0.15) is 26.3 Å². The van der Waals surface area contributed by atoms with Crippen molar-refractivity contribution in [2.24, 2.45) is 5.41 Å². The van der Waals surface area contributed by atoms with Crippen molar-refractivity contribution in [1.82, 2.24) is 0 Å². The summed E-state index contributed by atoms with van der Waals surface area (Å²) in [4.78, 5) is 34.4. The van der Waals surface area contributed by atoms with Gasteiger partial charge in [0.1, 0.15) is 13.2 Å². The lowest BCUT2D eigenvalue weighted by molar-refractivity contribution is -0.360. The van der Waals surface area contributed by atoms with E-state index in [1.807, 2.05) is 0 Å². The summed E-state index contributed by atoms with van der Waals surface area (Å²) in [5.41, 5.74) is -7.40. The van der Waals surface area contributed by atoms with E-state index in [0.29, 0.717) is 0 Å². The SMILES string of the molecule is C=C(C)C(=O)OCCOC(=O)C(OC(=O)C(C)(C)C)(C(F)(F)F)C(F)(F)F. The molecule has 0 atom stereocenters. The summed E-state index contributed by atoms with van der Waals surface area (Å²) >= 11 is 0. The normalized spacial score (nSPS) is 13.0. The minimum Gasteiger partial charge on any atom is -0.459 e. The van der Waals surface area contributed by atoms with Crippen LogP contribution in [0.4, 0.5) is 26.3 Å². The maximum atomic E-state index is 13.2. The summed E-state index contributed by atoms with van der Waals surface area (Å²) in [6.45, 7) is 5.43. The van der Waals surface area contributed by atoms with E-state index in [0.717, 1.165) is 20.8 Å². The molecule has 0 aliphatic rings. The summed E-state index contributed by atoms with van der Waals surface area (Å²) < 4.78 is 91.3. The number of hydrogen-bond acceptors (Lipinski definition) is 6. The van der Waals surface area contributed by atoms with Crippen molar-refractivity contribution in [2.75, 3.05) is 13.2 Å². The summed E-state index contributed by atoms with van der Waals surface area (Å²) in [6.07, 6.45) is -12.7. The molecule has 0 amide bonds. The van der Waals surface area contributed by atoms with E-state index in [1.54, 1.807) is 0 Å². The number of carbonyl (C=O) groups excluding carboxylic acids is 3. The van der Waals surface area contributed by atoms with E-state index in [1.165, 1.54) is 6.92 Å². The molecule has 0 aliphatic carbocycles. The molecule has 0 aromatic carbocycles. The van der Waals surface area contributed by atoms with Crippen LogP contribution in [-0.2, 0) is 28.6 Å². The molecule has 0 radical (unpaired) electrons. The summed E-state index contributed by atoms with van der Waals surface area (Å²) in [5, 5.41) is 0. The zero-order chi connectivity index (χ0) is 21.8. The number of halogens is 6. The fraction of sp³-hybridized carbons (Fsp3) is 0.667. The molecule has 27 heavy (non-hydrogen) atoms. The van der Waals surface area contributed by atoms with Gasteiger partial charge in [-0.15, -0.1) is 0 Å². The average Bonchev–Trinajstić information content (AvgIpc) is 2.44. The van der Waals surface area contributed by atoms with Crippen LogP contribution in [0.1, 0.15) is 27.7 Å². The Morgan fingerprint density at radius 2 is 1.22 bits per heavy atom. The van der Waals surface area contributed by atoms with Crippen molar-refractivity contribution in [3.05, 3.63) is 12.2 Å². The van der Waals surface area contributed by atoms with Crippen LogP contribution in [0.25, 0.3) is 0 Å². The second-order valence-electron chi connectivity index (χ2n) is 6.37. The van der Waals surface area contributed by atoms with Gasteiger partial charge in [0.05, 0.1) is 5.41 Å². The zero-order valence-corrected chi connectivity index (χ0v) is 14.8. The Kier molecular flexibility index (Phi) is 7.49. The van der Waals surface area contributed by atoms with E-state index in [2.05, 4.69) is 20.8 Å². The first-order chi connectivity index (χ1) is 11.9. The molecule has 0 aromatic heterocycles. The first kappa shape index (κ1) is 24.7. The number of hydrogen-bond donors (Lipinski definition) is 0. The van der Waals surface area contributed by atoms with Crippen molar-refractivity contribution in [3.63, 3.8) is 0 Å². The topological polar surface area (TPSA) is 78.9 Å². The Hall–Kier alpha value is -2.27. The molecule has 0 saturated carbocycles. The highest BCUT2D eigenvalue weighted by molar-refractivity contribution is 5.87. The predicted octanol–water partition coefficient (Wildman–Crippen LogP) is 3.10. The average molecular weight is 408 g/mol. The smallest absolute Gasteiger partial charge is 0.449 e. The second kappa shape index (κ2) is 8.17. The Morgan fingerprint density at radius 3 is 1.56 bits per heavy atom. The third-order valence-electron chi connectivity index (χ3n) is 2.84. The quantitative estimate of drug-likeness (QED) is 0.221. The molecule has 0 saturated heterocycles. The van der Waals surface area contributed by atoms with Crippen molar-refractivity contribution in [3.8, 4) is 0 Å². The van der Waals surface area contributed by atoms with E-state index in [9.17, 15) is 40.7 Å². The molecule has 0 heterocycles. The Bertz CT molecular complexity index is 585. The van der Waals surface area contributed by atoms with Crippen LogP contribution < -0.4 is 0 Å². The van der Waals surface area contributed by atoms with E-state index < -0.39 is 54.5 Å². The first-order valence-corrected chi connectivity index (χ1v) is 7.24. The van der Waals surface area contributed by atoms with Gasteiger partial charge in [0, 0.05) is 5.57 Å². The van der Waals surface area contributed by atoms with Gasteiger partial charge in [-0.3, -0.25) is 4.79 Å². The summed E-state index contributed by atoms with van der Waals surface area (Å²) in [7, 11) is 0. The number of ether oxygens (including phenoxy) is 3. The van der Waals surface area contributed by atoms with Crippen molar-refractivity contribution >= 4 is 17.9 Å². The molecule has 0 rings (SSSR count). The fourth-order valence-corrected chi connectivity index (χ4v) is 1.34. The third kappa shape index (κ3) is 5.86. The molecule has 0 bridgehead atoms. The molecule has 0 N–H and O–H groups in total. The number of alkyl halides is 6. The minimum absolute atomic E-state index is 0.0969. The molecule has 0 aliphatic heterocycles. The van der Waals surface area contributed by atoms with Crippen molar-refractivity contribution in [2.45, 2.75) is 45.6 Å². The van der Waals surface area contributed by atoms with Crippen LogP contribution in [0.3, 0.4) is 0 Å². The highest BCUT2D eigenvalue weighted by atomic mass is 19.4. The summed E-state index contributed by atoms with van der Waals surface area (Å²) in [6, 6.07) is 0. The van der Waals surface area contributed by atoms with Gasteiger partial charge < -0.3 is 14.2 Å². The van der Waals surface area contributed by atoms with Crippen LogP contribution >= 0.6 is 0 Å². The molecule has 0 aromatic rings. The largest absolute Gasteiger partial charge is 0.459 e. The lowest BCUT2D eigenvalue weighted by Gasteiger charge is -2.35. The zero-order valence-electron chi connectivity index (χ0n) is 14.8. The van der Waals surface area contributed by atoms with Gasteiger partial charge in [-0.25, -0.2) is 9.59 Å². The highest BCUT2D eigenvalue weighted by Crippen LogP contribution is 2.47. The molecule has 156 valence electrons. The lowest BCUT2D eigenvalue weighted by Crippen LogP contribution is -2.66. The van der Waals surface area contributed by atoms with Gasteiger partial charge >= 0.3 is 35.9 Å². The third-order valence-corrected chi connectivity index (χ3v) is 2.84. The molecule has 0 fully saturated rings. The molecule has 12 heteroatoms. The van der Waals surface area contributed by atoms with Crippen molar-refractivity contribution < 1.29 is 54.9 Å². The maximum Gasteiger partial charge on any atom is 0.449 e. The van der Waals surface area contributed by atoms with E-state index >= 15 is 0 Å². The number of rotatable bonds is 6. The standard InChI is InChI=1S/C15H18F6O6/c1-8(2)9(22)25-6-7-26-11(24)13(14(16,17)18,15(19,20)21)27-10(23)12(3,4)5/h1,6-7H2,2-5H3.